The number of thioether (sulfide) groups is 1. The van der Waals surface area contributed by atoms with E-state index in [1.165, 1.54) is 0 Å². The molecule has 6 nitrogen and oxygen atoms in total. The molecule has 0 radical (unpaired) electrons. The van der Waals surface area contributed by atoms with Crippen LogP contribution in [-0.4, -0.2) is 31.0 Å². The maximum Gasteiger partial charge on any atom is 0.268 e. The van der Waals surface area contributed by atoms with E-state index in [9.17, 15) is 4.79 Å². The molecule has 0 spiro atoms. The van der Waals surface area contributed by atoms with Crippen molar-refractivity contribution in [1.82, 2.24) is 19.2 Å². The van der Waals surface area contributed by atoms with Crippen LogP contribution >= 0.6 is 23.1 Å². The highest BCUT2D eigenvalue weighted by Crippen LogP contribution is 2.37. The fourth-order valence-corrected chi connectivity index (χ4v) is 6.87. The van der Waals surface area contributed by atoms with E-state index in [1.807, 2.05) is 49.4 Å². The van der Waals surface area contributed by atoms with Crippen molar-refractivity contribution >= 4 is 45.2 Å². The van der Waals surface area contributed by atoms with Crippen LogP contribution < -0.4 is 5.56 Å². The van der Waals surface area contributed by atoms with Crippen molar-refractivity contribution in [2.75, 3.05) is 5.75 Å². The number of aryl methyl sites for hydroxylation is 1. The summed E-state index contributed by atoms with van der Waals surface area (Å²) in [5, 5.41) is 10.6. The van der Waals surface area contributed by atoms with Crippen LogP contribution in [0.25, 0.3) is 27.8 Å². The van der Waals surface area contributed by atoms with Gasteiger partial charge in [-0.1, -0.05) is 80.2 Å². The summed E-state index contributed by atoms with van der Waals surface area (Å²) >= 11 is 3.25. The van der Waals surface area contributed by atoms with Gasteiger partial charge >= 0.3 is 0 Å². The Balaban J connectivity index is 1.51. The first kappa shape index (κ1) is 24.2. The molecule has 0 saturated carbocycles. The van der Waals surface area contributed by atoms with E-state index in [0.29, 0.717) is 18.3 Å². The van der Waals surface area contributed by atoms with E-state index in [-0.39, 0.29) is 11.7 Å². The van der Waals surface area contributed by atoms with Gasteiger partial charge < -0.3 is 4.74 Å². The minimum Gasteiger partial charge on any atom is -0.372 e. The molecule has 0 unspecified atom stereocenters. The maximum absolute atomic E-state index is 14.1. The largest absolute Gasteiger partial charge is 0.372 e. The van der Waals surface area contributed by atoms with E-state index in [1.54, 1.807) is 27.7 Å². The normalized spacial score (nSPS) is 15.8. The molecule has 4 heterocycles. The van der Waals surface area contributed by atoms with Gasteiger partial charge in [-0.15, -0.1) is 21.5 Å². The van der Waals surface area contributed by atoms with Crippen molar-refractivity contribution in [1.29, 1.82) is 0 Å². The zero-order valence-corrected chi connectivity index (χ0v) is 22.7. The summed E-state index contributed by atoms with van der Waals surface area (Å²) in [6.45, 7) is 6.91. The summed E-state index contributed by atoms with van der Waals surface area (Å²) in [5.74, 6) is 1.66. The second-order valence-electron chi connectivity index (χ2n) is 9.70. The molecule has 2 aromatic carbocycles. The first-order valence-corrected chi connectivity index (χ1v) is 14.3. The monoisotopic (exact) mass is 528 g/mol. The van der Waals surface area contributed by atoms with Gasteiger partial charge in [-0.3, -0.25) is 4.79 Å². The number of hydrogen-bond donors (Lipinski definition) is 0. The Morgan fingerprint density at radius 2 is 2.00 bits per heavy atom. The zero-order valence-electron chi connectivity index (χ0n) is 21.0. The number of rotatable bonds is 6. The molecule has 37 heavy (non-hydrogen) atoms. The number of aromatic nitrogens is 4. The summed E-state index contributed by atoms with van der Waals surface area (Å²) in [4.78, 5) is 16.1. The number of fused-ring (bicyclic) bond motifs is 5. The molecule has 6 rings (SSSR count). The summed E-state index contributed by atoms with van der Waals surface area (Å²) in [5.41, 5.74) is 4.13. The summed E-state index contributed by atoms with van der Waals surface area (Å²) in [7, 11) is 0. The Bertz CT molecular complexity index is 1680. The number of benzene rings is 2. The van der Waals surface area contributed by atoms with Crippen LogP contribution in [0.4, 0.5) is 0 Å². The molecule has 8 heteroatoms. The van der Waals surface area contributed by atoms with E-state index < -0.39 is 0 Å². The van der Waals surface area contributed by atoms with Crippen molar-refractivity contribution in [2.45, 2.75) is 45.1 Å². The molecule has 3 aromatic heterocycles. The zero-order chi connectivity index (χ0) is 25.5. The predicted molar refractivity (Wildman–Crippen MR) is 152 cm³/mol. The number of ether oxygens (including phenoxy) is 1. The maximum atomic E-state index is 14.1. The van der Waals surface area contributed by atoms with Gasteiger partial charge in [0, 0.05) is 17.1 Å². The lowest BCUT2D eigenvalue weighted by Gasteiger charge is -2.26. The Morgan fingerprint density at radius 1 is 1.16 bits per heavy atom. The molecule has 5 aromatic rings. The Morgan fingerprint density at radius 3 is 2.78 bits per heavy atom. The second kappa shape index (κ2) is 9.93. The molecule has 0 aliphatic carbocycles. The summed E-state index contributed by atoms with van der Waals surface area (Å²) in [6, 6.07) is 18.2. The lowest BCUT2D eigenvalue weighted by Crippen LogP contribution is -2.28. The molecule has 0 N–H and O–H groups in total. The molecular formula is C29H28N4O2S2. The molecule has 1 atom stereocenters. The predicted octanol–water partition coefficient (Wildman–Crippen LogP) is 6.31. The highest BCUT2D eigenvalue weighted by Gasteiger charge is 2.30. The first-order valence-electron chi connectivity index (χ1n) is 12.5. The quantitative estimate of drug-likeness (QED) is 0.242. The third kappa shape index (κ3) is 4.43. The van der Waals surface area contributed by atoms with Gasteiger partial charge in [0.05, 0.1) is 23.8 Å². The van der Waals surface area contributed by atoms with Crippen molar-refractivity contribution in [3.05, 3.63) is 92.6 Å². The standard InChI is InChI=1S/C29H28N4O2S2/c1-18(2)23-16-22-24(17-35-23)37-27-25(22)26(34)32(21-13-7-9-19(3)15-21)28-30-31-29(33(27)28)36-14-8-12-20-10-5-4-6-11-20/h4-13,15,18,23H,14,16-17H2,1-3H3/b12-8+/t23-/m1/s1. The molecule has 1 aliphatic rings. The average Bonchev–Trinajstić information content (AvgIpc) is 3.48. The van der Waals surface area contributed by atoms with E-state index in [2.05, 4.69) is 52.7 Å². The summed E-state index contributed by atoms with van der Waals surface area (Å²) in [6.07, 6.45) is 5.09. The first-order chi connectivity index (χ1) is 18.0. The van der Waals surface area contributed by atoms with Gasteiger partial charge in [0.1, 0.15) is 4.83 Å². The summed E-state index contributed by atoms with van der Waals surface area (Å²) < 4.78 is 9.94. The van der Waals surface area contributed by atoms with Crippen molar-refractivity contribution in [2.24, 2.45) is 5.92 Å². The van der Waals surface area contributed by atoms with Crippen molar-refractivity contribution in [3.63, 3.8) is 0 Å². The number of thiophene rings is 1. The van der Waals surface area contributed by atoms with Crippen molar-refractivity contribution in [3.8, 4) is 5.69 Å². The molecule has 0 saturated heterocycles. The van der Waals surface area contributed by atoms with Crippen LogP contribution in [-0.2, 0) is 17.8 Å². The molecular weight excluding hydrogens is 500 g/mol. The fraction of sp³-hybridized carbons (Fsp3) is 0.276. The van der Waals surface area contributed by atoms with Gasteiger partial charge in [-0.05, 0) is 41.7 Å². The molecule has 188 valence electrons. The highest BCUT2D eigenvalue weighted by molar-refractivity contribution is 7.99. The third-order valence-corrected chi connectivity index (χ3v) is 8.84. The molecule has 0 amide bonds. The smallest absolute Gasteiger partial charge is 0.268 e. The van der Waals surface area contributed by atoms with Crippen LogP contribution in [0.1, 0.15) is 35.4 Å². The van der Waals surface area contributed by atoms with Crippen LogP contribution in [0.3, 0.4) is 0 Å². The van der Waals surface area contributed by atoms with E-state index in [0.717, 1.165) is 54.8 Å². The number of hydrogen-bond acceptors (Lipinski definition) is 6. The SMILES string of the molecule is Cc1cccc(-n2c(=O)c3c4c(sc3n3c(SC/C=C/c5ccccc5)nnc23)CO[C@@H](C(C)C)C4)c1. The van der Waals surface area contributed by atoms with Crippen LogP contribution in [0.15, 0.2) is 70.6 Å². The second-order valence-corrected chi connectivity index (χ2v) is 11.8. The van der Waals surface area contributed by atoms with E-state index >= 15 is 0 Å². The van der Waals surface area contributed by atoms with Gasteiger partial charge in [0.15, 0.2) is 5.16 Å². The van der Waals surface area contributed by atoms with Crippen LogP contribution in [0.5, 0.6) is 0 Å². The Kier molecular flexibility index (Phi) is 6.48. The van der Waals surface area contributed by atoms with Crippen molar-refractivity contribution < 1.29 is 4.74 Å². The topological polar surface area (TPSA) is 61.4 Å². The molecule has 1 aliphatic heterocycles. The van der Waals surface area contributed by atoms with Gasteiger partial charge in [-0.2, -0.15) is 0 Å². The fourth-order valence-electron chi connectivity index (χ4n) is 4.83. The molecule has 0 bridgehead atoms. The Labute approximate surface area is 223 Å². The number of nitrogens with zero attached hydrogens (tertiary/aromatic N) is 4. The minimum atomic E-state index is -0.0390. The van der Waals surface area contributed by atoms with E-state index in [4.69, 9.17) is 4.74 Å². The average molecular weight is 529 g/mol. The van der Waals surface area contributed by atoms with Gasteiger partial charge in [0.25, 0.3) is 5.56 Å². The molecule has 0 fully saturated rings. The van der Waals surface area contributed by atoms with Crippen LogP contribution in [0.2, 0.25) is 0 Å². The minimum absolute atomic E-state index is 0.0390. The lowest BCUT2D eigenvalue weighted by molar-refractivity contribution is 0.00200. The lowest BCUT2D eigenvalue weighted by atomic mass is 9.96. The Hall–Kier alpha value is -3.20. The highest BCUT2D eigenvalue weighted by atomic mass is 32.2. The third-order valence-electron chi connectivity index (χ3n) is 6.76. The van der Waals surface area contributed by atoms with Gasteiger partial charge in [0.2, 0.25) is 5.78 Å². The van der Waals surface area contributed by atoms with Crippen LogP contribution in [0, 0.1) is 12.8 Å². The van der Waals surface area contributed by atoms with Gasteiger partial charge in [-0.25, -0.2) is 8.97 Å².